The van der Waals surface area contributed by atoms with Crippen molar-refractivity contribution in [2.45, 2.75) is 0 Å². The lowest BCUT2D eigenvalue weighted by atomic mass is 10.2. The van der Waals surface area contributed by atoms with E-state index in [1.807, 2.05) is 30.3 Å². The maximum Gasteiger partial charge on any atom is 0.358 e. The molecule has 0 radical (unpaired) electrons. The monoisotopic (exact) mass is 280 g/mol. The van der Waals surface area contributed by atoms with E-state index in [2.05, 4.69) is 25.0 Å². The summed E-state index contributed by atoms with van der Waals surface area (Å²) in [7, 11) is 1.30. The quantitative estimate of drug-likeness (QED) is 0.743. The number of hydrogen-bond acceptors (Lipinski definition) is 6. The first-order chi connectivity index (χ1) is 10.3. The van der Waals surface area contributed by atoms with Crippen LogP contribution in [0.4, 0.5) is 11.5 Å². The standard InChI is InChI=1S/C15H12N4O2/c1-21-15(20)13-8-18-14(9-17-13)19-12-6-2-5-11-10(12)4-3-7-16-11/h2-9H,1H3,(H,18,19). The molecule has 0 aliphatic rings. The molecule has 0 saturated carbocycles. The average Bonchev–Trinajstić information content (AvgIpc) is 2.55. The van der Waals surface area contributed by atoms with Crippen molar-refractivity contribution in [3.63, 3.8) is 0 Å². The molecule has 1 N–H and O–H groups in total. The van der Waals surface area contributed by atoms with E-state index in [0.717, 1.165) is 16.6 Å². The summed E-state index contributed by atoms with van der Waals surface area (Å²) < 4.78 is 4.58. The molecule has 6 heteroatoms. The van der Waals surface area contributed by atoms with E-state index in [9.17, 15) is 4.79 Å². The Bertz CT molecular complexity index is 782. The lowest BCUT2D eigenvalue weighted by molar-refractivity contribution is 0.0593. The molecule has 0 aliphatic heterocycles. The second-order valence-electron chi connectivity index (χ2n) is 4.28. The molecule has 2 heterocycles. The minimum atomic E-state index is -0.511. The number of nitrogens with one attached hydrogen (secondary N) is 1. The van der Waals surface area contributed by atoms with E-state index in [1.54, 1.807) is 6.20 Å². The summed E-state index contributed by atoms with van der Waals surface area (Å²) in [5.41, 5.74) is 1.94. The molecule has 104 valence electrons. The maximum atomic E-state index is 11.3. The zero-order valence-corrected chi connectivity index (χ0v) is 11.3. The number of aromatic nitrogens is 3. The highest BCUT2D eigenvalue weighted by molar-refractivity contribution is 5.92. The predicted octanol–water partition coefficient (Wildman–Crippen LogP) is 2.56. The molecule has 0 atom stereocenters. The van der Waals surface area contributed by atoms with Crippen LogP contribution in [-0.2, 0) is 4.74 Å². The van der Waals surface area contributed by atoms with Gasteiger partial charge >= 0.3 is 5.97 Å². The number of rotatable bonds is 3. The van der Waals surface area contributed by atoms with Crippen molar-refractivity contribution in [2.24, 2.45) is 0 Å². The first-order valence-corrected chi connectivity index (χ1v) is 6.29. The van der Waals surface area contributed by atoms with Crippen LogP contribution >= 0.6 is 0 Å². The van der Waals surface area contributed by atoms with Gasteiger partial charge in [0.05, 0.1) is 25.0 Å². The van der Waals surface area contributed by atoms with E-state index in [1.165, 1.54) is 19.5 Å². The Kier molecular flexibility index (Phi) is 3.42. The molecule has 0 amide bonds. The third-order valence-corrected chi connectivity index (χ3v) is 2.95. The first kappa shape index (κ1) is 13.0. The van der Waals surface area contributed by atoms with Crippen LogP contribution in [0.25, 0.3) is 10.9 Å². The van der Waals surface area contributed by atoms with Crippen molar-refractivity contribution in [1.29, 1.82) is 0 Å². The molecule has 0 spiro atoms. The Morgan fingerprint density at radius 2 is 2.00 bits per heavy atom. The van der Waals surface area contributed by atoms with Crippen molar-refractivity contribution in [1.82, 2.24) is 15.0 Å². The Balaban J connectivity index is 1.90. The molecule has 2 aromatic heterocycles. The topological polar surface area (TPSA) is 77.0 Å². The number of nitrogens with zero attached hydrogens (tertiary/aromatic N) is 3. The van der Waals surface area contributed by atoms with Crippen molar-refractivity contribution >= 4 is 28.4 Å². The van der Waals surface area contributed by atoms with E-state index in [-0.39, 0.29) is 5.69 Å². The largest absolute Gasteiger partial charge is 0.464 e. The highest BCUT2D eigenvalue weighted by Gasteiger charge is 2.08. The molecule has 3 rings (SSSR count). The molecule has 0 aliphatic carbocycles. The normalized spacial score (nSPS) is 10.3. The van der Waals surface area contributed by atoms with Crippen LogP contribution in [0.1, 0.15) is 10.5 Å². The van der Waals surface area contributed by atoms with Gasteiger partial charge in [0.1, 0.15) is 5.82 Å². The lowest BCUT2D eigenvalue weighted by Gasteiger charge is -2.08. The van der Waals surface area contributed by atoms with E-state index in [4.69, 9.17) is 0 Å². The van der Waals surface area contributed by atoms with Crippen LogP contribution in [0.5, 0.6) is 0 Å². The van der Waals surface area contributed by atoms with Gasteiger partial charge in [-0.2, -0.15) is 0 Å². The minimum Gasteiger partial charge on any atom is -0.464 e. The van der Waals surface area contributed by atoms with Crippen LogP contribution in [0, 0.1) is 0 Å². The van der Waals surface area contributed by atoms with Gasteiger partial charge in [-0.3, -0.25) is 4.98 Å². The fraction of sp³-hybridized carbons (Fsp3) is 0.0667. The lowest BCUT2D eigenvalue weighted by Crippen LogP contribution is -2.05. The fourth-order valence-corrected chi connectivity index (χ4v) is 1.95. The second kappa shape index (κ2) is 5.54. The summed E-state index contributed by atoms with van der Waals surface area (Å²) >= 11 is 0. The van der Waals surface area contributed by atoms with E-state index >= 15 is 0 Å². The zero-order chi connectivity index (χ0) is 14.7. The molecule has 0 saturated heterocycles. The number of pyridine rings is 1. The summed E-state index contributed by atoms with van der Waals surface area (Å²) in [6.07, 6.45) is 4.61. The maximum absolute atomic E-state index is 11.3. The minimum absolute atomic E-state index is 0.169. The van der Waals surface area contributed by atoms with Crippen LogP contribution in [0.15, 0.2) is 48.9 Å². The van der Waals surface area contributed by atoms with Crippen LogP contribution in [0.2, 0.25) is 0 Å². The van der Waals surface area contributed by atoms with Crippen molar-refractivity contribution in [3.8, 4) is 0 Å². The Labute approximate surface area is 120 Å². The van der Waals surface area contributed by atoms with Gasteiger partial charge in [0.2, 0.25) is 0 Å². The summed E-state index contributed by atoms with van der Waals surface area (Å²) in [5.74, 6) is 0.0300. The van der Waals surface area contributed by atoms with Gasteiger partial charge in [-0.1, -0.05) is 6.07 Å². The number of benzene rings is 1. The zero-order valence-electron chi connectivity index (χ0n) is 11.3. The van der Waals surface area contributed by atoms with Gasteiger partial charge in [-0.25, -0.2) is 14.8 Å². The number of methoxy groups -OCH3 is 1. The van der Waals surface area contributed by atoms with Crippen LogP contribution in [-0.4, -0.2) is 28.0 Å². The van der Waals surface area contributed by atoms with Gasteiger partial charge in [0, 0.05) is 17.3 Å². The summed E-state index contributed by atoms with van der Waals surface area (Å²) in [5, 5.41) is 4.15. The fourth-order valence-electron chi connectivity index (χ4n) is 1.95. The van der Waals surface area contributed by atoms with Crippen molar-refractivity contribution in [2.75, 3.05) is 12.4 Å². The molecular weight excluding hydrogens is 268 g/mol. The number of fused-ring (bicyclic) bond motifs is 1. The van der Waals surface area contributed by atoms with Gasteiger partial charge < -0.3 is 10.1 Å². The van der Waals surface area contributed by atoms with Crippen LogP contribution in [0.3, 0.4) is 0 Å². The summed E-state index contributed by atoms with van der Waals surface area (Å²) in [6, 6.07) is 9.63. The van der Waals surface area contributed by atoms with Gasteiger partial charge in [0.25, 0.3) is 0 Å². The second-order valence-corrected chi connectivity index (χ2v) is 4.28. The smallest absolute Gasteiger partial charge is 0.358 e. The Morgan fingerprint density at radius 3 is 2.76 bits per heavy atom. The number of hydrogen-bond donors (Lipinski definition) is 1. The van der Waals surface area contributed by atoms with Crippen molar-refractivity contribution < 1.29 is 9.53 Å². The Morgan fingerprint density at radius 1 is 1.10 bits per heavy atom. The molecule has 3 aromatic rings. The number of esters is 1. The highest BCUT2D eigenvalue weighted by Crippen LogP contribution is 2.23. The highest BCUT2D eigenvalue weighted by atomic mass is 16.5. The number of carbonyl (C=O) groups is 1. The summed E-state index contributed by atoms with van der Waals surface area (Å²) in [4.78, 5) is 23.8. The molecule has 0 unspecified atom stereocenters. The van der Waals surface area contributed by atoms with Gasteiger partial charge in [0.15, 0.2) is 5.69 Å². The molecule has 1 aromatic carbocycles. The Hall–Kier alpha value is -3.02. The van der Waals surface area contributed by atoms with E-state index in [0.29, 0.717) is 5.82 Å². The van der Waals surface area contributed by atoms with Crippen LogP contribution < -0.4 is 5.32 Å². The molecule has 6 nitrogen and oxygen atoms in total. The molecule has 21 heavy (non-hydrogen) atoms. The average molecular weight is 280 g/mol. The van der Waals surface area contributed by atoms with E-state index < -0.39 is 5.97 Å². The SMILES string of the molecule is COC(=O)c1cnc(Nc2cccc3ncccc23)cn1. The predicted molar refractivity (Wildman–Crippen MR) is 78.4 cm³/mol. The van der Waals surface area contributed by atoms with Gasteiger partial charge in [-0.15, -0.1) is 0 Å². The third kappa shape index (κ3) is 2.64. The number of carbonyl (C=O) groups excluding carboxylic acids is 1. The molecular formula is C15H12N4O2. The first-order valence-electron chi connectivity index (χ1n) is 6.29. The number of ether oxygens (including phenoxy) is 1. The molecule has 0 bridgehead atoms. The van der Waals surface area contributed by atoms with Gasteiger partial charge in [-0.05, 0) is 24.3 Å². The summed E-state index contributed by atoms with van der Waals surface area (Å²) in [6.45, 7) is 0. The molecule has 0 fully saturated rings. The third-order valence-electron chi connectivity index (χ3n) is 2.95. The van der Waals surface area contributed by atoms with Crippen molar-refractivity contribution in [3.05, 3.63) is 54.6 Å². The number of anilines is 2.